The zero-order valence-corrected chi connectivity index (χ0v) is 12.5. The molecule has 0 aromatic carbocycles. The molecule has 0 bridgehead atoms. The van der Waals surface area contributed by atoms with Crippen molar-refractivity contribution in [2.45, 2.75) is 13.8 Å². The van der Waals surface area contributed by atoms with Gasteiger partial charge in [0, 0.05) is 22.3 Å². The molecular formula is C13H12ClN5S. The van der Waals surface area contributed by atoms with Crippen LogP contribution in [0.1, 0.15) is 11.4 Å². The van der Waals surface area contributed by atoms with E-state index >= 15 is 0 Å². The van der Waals surface area contributed by atoms with Gasteiger partial charge >= 0.3 is 0 Å². The average molecular weight is 306 g/mol. The summed E-state index contributed by atoms with van der Waals surface area (Å²) in [7, 11) is 0. The number of nitrogen functional groups attached to an aromatic ring is 1. The van der Waals surface area contributed by atoms with Gasteiger partial charge in [-0.25, -0.2) is 14.6 Å². The maximum atomic E-state index is 6.02. The molecule has 0 saturated carbocycles. The van der Waals surface area contributed by atoms with Crippen LogP contribution in [0.4, 0.5) is 5.69 Å². The molecule has 2 N–H and O–H groups in total. The average Bonchev–Trinajstić information content (AvgIpc) is 2.94. The van der Waals surface area contributed by atoms with Gasteiger partial charge in [-0.3, -0.25) is 0 Å². The molecule has 102 valence electrons. The van der Waals surface area contributed by atoms with Gasteiger partial charge in [-0.05, 0) is 26.0 Å². The second-order valence-corrected chi connectivity index (χ2v) is 6.01. The van der Waals surface area contributed by atoms with Gasteiger partial charge < -0.3 is 5.73 Å². The molecule has 0 spiro atoms. The Morgan fingerprint density at radius 1 is 1.20 bits per heavy atom. The Balaban J connectivity index is 2.08. The van der Waals surface area contributed by atoms with Crippen molar-refractivity contribution in [2.75, 3.05) is 5.73 Å². The van der Waals surface area contributed by atoms with Crippen molar-refractivity contribution in [2.24, 2.45) is 0 Å². The molecule has 0 fully saturated rings. The van der Waals surface area contributed by atoms with Gasteiger partial charge in [0.1, 0.15) is 5.69 Å². The predicted octanol–water partition coefficient (Wildman–Crippen LogP) is 3.24. The molecule has 3 aromatic rings. The molecule has 0 aliphatic carbocycles. The second-order valence-electron chi connectivity index (χ2n) is 4.47. The Bertz CT molecular complexity index is 757. The third-order valence-electron chi connectivity index (χ3n) is 2.76. The Labute approximate surface area is 125 Å². The first-order valence-electron chi connectivity index (χ1n) is 5.95. The fourth-order valence-electron chi connectivity index (χ4n) is 1.96. The molecule has 0 amide bonds. The van der Waals surface area contributed by atoms with E-state index < -0.39 is 0 Å². The van der Waals surface area contributed by atoms with Gasteiger partial charge in [-0.1, -0.05) is 11.6 Å². The monoisotopic (exact) mass is 305 g/mol. The lowest BCUT2D eigenvalue weighted by Crippen LogP contribution is -2.04. The van der Waals surface area contributed by atoms with Crippen LogP contribution in [0.15, 0.2) is 23.7 Å². The predicted molar refractivity (Wildman–Crippen MR) is 81.4 cm³/mol. The molecule has 0 unspecified atom stereocenters. The lowest BCUT2D eigenvalue weighted by molar-refractivity contribution is 0.796. The number of hydrogen-bond donors (Lipinski definition) is 1. The van der Waals surface area contributed by atoms with E-state index in [9.17, 15) is 0 Å². The summed E-state index contributed by atoms with van der Waals surface area (Å²) in [6, 6.07) is 3.76. The van der Waals surface area contributed by atoms with Crippen LogP contribution < -0.4 is 5.73 Å². The number of nitrogens with zero attached hydrogens (tertiary/aromatic N) is 4. The summed E-state index contributed by atoms with van der Waals surface area (Å²) in [6.07, 6.45) is 1.72. The molecule has 0 aliphatic rings. The number of anilines is 1. The number of thiophene rings is 1. The van der Waals surface area contributed by atoms with E-state index in [0.717, 1.165) is 17.0 Å². The minimum atomic E-state index is 0.516. The first kappa shape index (κ1) is 13.1. The summed E-state index contributed by atoms with van der Waals surface area (Å²) in [6.45, 7) is 3.84. The number of nitrogens with two attached hydrogens (primary N) is 1. The first-order chi connectivity index (χ1) is 9.52. The largest absolute Gasteiger partial charge is 0.396 e. The lowest BCUT2D eigenvalue weighted by Gasteiger charge is -2.02. The molecule has 0 aliphatic heterocycles. The number of halogens is 1. The van der Waals surface area contributed by atoms with Crippen molar-refractivity contribution < 1.29 is 0 Å². The molecule has 0 atom stereocenters. The van der Waals surface area contributed by atoms with Gasteiger partial charge in [-0.2, -0.15) is 5.10 Å². The third kappa shape index (κ3) is 2.39. The Morgan fingerprint density at radius 2 is 1.90 bits per heavy atom. The highest BCUT2D eigenvalue weighted by atomic mass is 35.5. The quantitative estimate of drug-likeness (QED) is 0.789. The summed E-state index contributed by atoms with van der Waals surface area (Å²) in [5.41, 5.74) is 9.97. The molecular weight excluding hydrogens is 294 g/mol. The van der Waals surface area contributed by atoms with Crippen molar-refractivity contribution in [3.8, 4) is 17.2 Å². The summed E-state index contributed by atoms with van der Waals surface area (Å²) in [5, 5.41) is 6.38. The van der Waals surface area contributed by atoms with E-state index in [1.54, 1.807) is 10.9 Å². The Kier molecular flexibility index (Phi) is 3.19. The molecule has 0 radical (unpaired) electrons. The van der Waals surface area contributed by atoms with E-state index in [1.807, 2.05) is 31.4 Å². The summed E-state index contributed by atoms with van der Waals surface area (Å²) in [4.78, 5) is 8.74. The Morgan fingerprint density at radius 3 is 2.50 bits per heavy atom. The van der Waals surface area contributed by atoms with Crippen molar-refractivity contribution in [3.63, 3.8) is 0 Å². The topological polar surface area (TPSA) is 69.6 Å². The standard InChI is InChI=1S/C13H12ClN5S/c1-7-3-8(2)17-13(16-7)19-5-10(15)12(18-19)9-4-11(14)20-6-9/h3-6H,15H2,1-2H3. The molecule has 3 aromatic heterocycles. The van der Waals surface area contributed by atoms with Gasteiger partial charge in [0.15, 0.2) is 0 Å². The first-order valence-corrected chi connectivity index (χ1v) is 7.21. The van der Waals surface area contributed by atoms with Crippen LogP contribution in [0, 0.1) is 13.8 Å². The van der Waals surface area contributed by atoms with Crippen LogP contribution in [0.3, 0.4) is 0 Å². The van der Waals surface area contributed by atoms with Crippen molar-refractivity contribution in [1.29, 1.82) is 0 Å². The van der Waals surface area contributed by atoms with Crippen LogP contribution in [0.5, 0.6) is 0 Å². The number of rotatable bonds is 2. The van der Waals surface area contributed by atoms with E-state index in [2.05, 4.69) is 15.1 Å². The van der Waals surface area contributed by atoms with Gasteiger partial charge in [0.05, 0.1) is 16.2 Å². The zero-order chi connectivity index (χ0) is 14.3. The lowest BCUT2D eigenvalue weighted by atomic mass is 10.2. The van der Waals surface area contributed by atoms with E-state index in [-0.39, 0.29) is 0 Å². The maximum absolute atomic E-state index is 6.02. The minimum Gasteiger partial charge on any atom is -0.396 e. The molecule has 20 heavy (non-hydrogen) atoms. The second kappa shape index (κ2) is 4.88. The summed E-state index contributed by atoms with van der Waals surface area (Å²) >= 11 is 7.39. The van der Waals surface area contributed by atoms with Gasteiger partial charge in [0.2, 0.25) is 0 Å². The smallest absolute Gasteiger partial charge is 0.251 e. The van der Waals surface area contributed by atoms with E-state index in [0.29, 0.717) is 21.7 Å². The summed E-state index contributed by atoms with van der Waals surface area (Å²) < 4.78 is 2.30. The van der Waals surface area contributed by atoms with Crippen molar-refractivity contribution >= 4 is 28.6 Å². The van der Waals surface area contributed by atoms with E-state index in [1.165, 1.54) is 11.3 Å². The van der Waals surface area contributed by atoms with Crippen molar-refractivity contribution in [3.05, 3.63) is 39.4 Å². The van der Waals surface area contributed by atoms with Crippen LogP contribution in [-0.4, -0.2) is 19.7 Å². The molecule has 3 rings (SSSR count). The minimum absolute atomic E-state index is 0.516. The fraction of sp³-hybridized carbons (Fsp3) is 0.154. The summed E-state index contributed by atoms with van der Waals surface area (Å²) in [5.74, 6) is 0.516. The SMILES string of the molecule is Cc1cc(C)nc(-n2cc(N)c(-c3csc(Cl)c3)n2)n1. The van der Waals surface area contributed by atoms with Crippen LogP contribution in [0.25, 0.3) is 17.2 Å². The number of aryl methyl sites for hydroxylation is 2. The molecule has 7 heteroatoms. The van der Waals surface area contributed by atoms with Gasteiger partial charge in [-0.15, -0.1) is 11.3 Å². The number of hydrogen-bond acceptors (Lipinski definition) is 5. The normalized spacial score (nSPS) is 10.9. The highest BCUT2D eigenvalue weighted by Crippen LogP contribution is 2.31. The zero-order valence-electron chi connectivity index (χ0n) is 11.0. The van der Waals surface area contributed by atoms with E-state index in [4.69, 9.17) is 17.3 Å². The van der Waals surface area contributed by atoms with Gasteiger partial charge in [0.25, 0.3) is 5.95 Å². The van der Waals surface area contributed by atoms with Crippen molar-refractivity contribution in [1.82, 2.24) is 19.7 Å². The molecule has 3 heterocycles. The highest BCUT2D eigenvalue weighted by molar-refractivity contribution is 7.14. The van der Waals surface area contributed by atoms with Crippen LogP contribution in [0.2, 0.25) is 4.34 Å². The molecule has 5 nitrogen and oxygen atoms in total. The third-order valence-corrected chi connectivity index (χ3v) is 3.85. The number of aromatic nitrogens is 4. The van der Waals surface area contributed by atoms with Crippen LogP contribution in [-0.2, 0) is 0 Å². The van der Waals surface area contributed by atoms with Crippen LogP contribution >= 0.6 is 22.9 Å². The highest BCUT2D eigenvalue weighted by Gasteiger charge is 2.13. The molecule has 0 saturated heterocycles. The fourth-order valence-corrected chi connectivity index (χ4v) is 2.82. The Hall–Kier alpha value is -1.92. The maximum Gasteiger partial charge on any atom is 0.251 e.